The smallest absolute Gasteiger partial charge is 0.199 e. The van der Waals surface area contributed by atoms with Gasteiger partial charge in [-0.1, -0.05) is 19.1 Å². The quantitative estimate of drug-likeness (QED) is 0.800. The van der Waals surface area contributed by atoms with Gasteiger partial charge in [0.1, 0.15) is 6.61 Å². The van der Waals surface area contributed by atoms with Crippen LogP contribution in [0.5, 0.6) is 0 Å². The number of aromatic nitrogens is 3. The van der Waals surface area contributed by atoms with Gasteiger partial charge in [0.15, 0.2) is 10.6 Å². The van der Waals surface area contributed by atoms with Gasteiger partial charge in [0, 0.05) is 5.69 Å². The standard InChI is InChI=1S/C11H13N3OS/c1-2-8-4-3-5-9(6-8)14-10(7-15)12-13-11(14)16/h3-6,15H,2,7H2,1H3,(H,13,16). The summed E-state index contributed by atoms with van der Waals surface area (Å²) in [6, 6.07) is 8.03. The average Bonchev–Trinajstić information content (AvgIpc) is 2.70. The zero-order valence-corrected chi connectivity index (χ0v) is 9.79. The fraction of sp³-hybridized carbons (Fsp3) is 0.273. The van der Waals surface area contributed by atoms with E-state index < -0.39 is 0 Å². The van der Waals surface area contributed by atoms with Crippen molar-refractivity contribution in [1.29, 1.82) is 0 Å². The lowest BCUT2D eigenvalue weighted by Gasteiger charge is -2.06. The van der Waals surface area contributed by atoms with E-state index in [9.17, 15) is 0 Å². The van der Waals surface area contributed by atoms with Crippen molar-refractivity contribution in [2.45, 2.75) is 20.0 Å². The van der Waals surface area contributed by atoms with E-state index in [4.69, 9.17) is 17.3 Å². The highest BCUT2D eigenvalue weighted by Crippen LogP contribution is 2.13. The molecule has 84 valence electrons. The largest absolute Gasteiger partial charge is 0.388 e. The Kier molecular flexibility index (Phi) is 3.17. The van der Waals surface area contributed by atoms with E-state index in [1.54, 1.807) is 4.57 Å². The maximum absolute atomic E-state index is 9.17. The molecule has 0 saturated heterocycles. The van der Waals surface area contributed by atoms with Crippen LogP contribution in [0.2, 0.25) is 0 Å². The van der Waals surface area contributed by atoms with Gasteiger partial charge in [-0.05, 0) is 36.3 Å². The van der Waals surface area contributed by atoms with Gasteiger partial charge < -0.3 is 5.11 Å². The molecule has 2 N–H and O–H groups in total. The minimum atomic E-state index is -0.135. The van der Waals surface area contributed by atoms with Crippen molar-refractivity contribution in [3.05, 3.63) is 40.4 Å². The monoisotopic (exact) mass is 235 g/mol. The first kappa shape index (κ1) is 11.0. The summed E-state index contributed by atoms with van der Waals surface area (Å²) in [4.78, 5) is 0. The third-order valence-electron chi connectivity index (χ3n) is 2.46. The molecule has 0 fully saturated rings. The molecule has 0 aliphatic carbocycles. The van der Waals surface area contributed by atoms with Crippen LogP contribution in [0.25, 0.3) is 5.69 Å². The van der Waals surface area contributed by atoms with Gasteiger partial charge in [-0.2, -0.15) is 5.10 Å². The highest BCUT2D eigenvalue weighted by atomic mass is 32.1. The van der Waals surface area contributed by atoms with Crippen molar-refractivity contribution in [1.82, 2.24) is 14.8 Å². The number of rotatable bonds is 3. The molecule has 16 heavy (non-hydrogen) atoms. The molecule has 1 aromatic heterocycles. The van der Waals surface area contributed by atoms with Crippen LogP contribution >= 0.6 is 12.2 Å². The highest BCUT2D eigenvalue weighted by molar-refractivity contribution is 7.71. The first-order valence-electron chi connectivity index (χ1n) is 5.12. The van der Waals surface area contributed by atoms with E-state index in [0.29, 0.717) is 10.6 Å². The number of aliphatic hydroxyl groups is 1. The maximum atomic E-state index is 9.17. The van der Waals surface area contributed by atoms with Crippen molar-refractivity contribution in [3.8, 4) is 5.69 Å². The second kappa shape index (κ2) is 4.59. The van der Waals surface area contributed by atoms with Gasteiger partial charge in [0.25, 0.3) is 0 Å². The van der Waals surface area contributed by atoms with Crippen LogP contribution < -0.4 is 0 Å². The molecule has 0 unspecified atom stereocenters. The Bertz CT molecular complexity index is 544. The molecule has 2 rings (SSSR count). The van der Waals surface area contributed by atoms with E-state index in [1.807, 2.05) is 18.2 Å². The van der Waals surface area contributed by atoms with Gasteiger partial charge in [-0.15, -0.1) is 0 Å². The minimum Gasteiger partial charge on any atom is -0.388 e. The van der Waals surface area contributed by atoms with Crippen molar-refractivity contribution >= 4 is 12.2 Å². The third kappa shape index (κ3) is 1.91. The van der Waals surface area contributed by atoms with Crippen molar-refractivity contribution < 1.29 is 5.11 Å². The molecular weight excluding hydrogens is 222 g/mol. The lowest BCUT2D eigenvalue weighted by Crippen LogP contribution is -2.01. The van der Waals surface area contributed by atoms with Crippen LogP contribution in [0.4, 0.5) is 0 Å². The number of hydrogen-bond donors (Lipinski definition) is 2. The summed E-state index contributed by atoms with van der Waals surface area (Å²) >= 11 is 5.13. The summed E-state index contributed by atoms with van der Waals surface area (Å²) in [5.41, 5.74) is 2.16. The molecule has 0 saturated carbocycles. The predicted molar refractivity (Wildman–Crippen MR) is 64.0 cm³/mol. The molecule has 5 heteroatoms. The second-order valence-electron chi connectivity index (χ2n) is 3.46. The first-order valence-corrected chi connectivity index (χ1v) is 5.53. The van der Waals surface area contributed by atoms with Gasteiger partial charge in [-0.25, -0.2) is 0 Å². The number of nitrogens with one attached hydrogen (secondary N) is 1. The fourth-order valence-corrected chi connectivity index (χ4v) is 1.87. The third-order valence-corrected chi connectivity index (χ3v) is 2.73. The van der Waals surface area contributed by atoms with E-state index in [0.717, 1.165) is 12.1 Å². The van der Waals surface area contributed by atoms with E-state index in [2.05, 4.69) is 23.2 Å². The van der Waals surface area contributed by atoms with E-state index >= 15 is 0 Å². The summed E-state index contributed by atoms with van der Waals surface area (Å²) in [5.74, 6) is 0.526. The number of hydrogen-bond acceptors (Lipinski definition) is 3. The minimum absolute atomic E-state index is 0.135. The zero-order valence-electron chi connectivity index (χ0n) is 8.97. The number of H-pyrrole nitrogens is 1. The van der Waals surface area contributed by atoms with E-state index in [1.165, 1.54) is 5.56 Å². The van der Waals surface area contributed by atoms with Crippen LogP contribution in [0.1, 0.15) is 18.3 Å². The lowest BCUT2D eigenvalue weighted by atomic mass is 10.1. The number of aliphatic hydroxyl groups excluding tert-OH is 1. The lowest BCUT2D eigenvalue weighted by molar-refractivity contribution is 0.269. The summed E-state index contributed by atoms with van der Waals surface area (Å²) in [7, 11) is 0. The molecule has 0 atom stereocenters. The summed E-state index contributed by atoms with van der Waals surface area (Å²) in [5, 5.41) is 15.8. The van der Waals surface area contributed by atoms with Gasteiger partial charge in [0.2, 0.25) is 0 Å². The normalized spacial score (nSPS) is 10.6. The Morgan fingerprint density at radius 2 is 2.31 bits per heavy atom. The van der Waals surface area contributed by atoms with Crippen molar-refractivity contribution in [2.75, 3.05) is 0 Å². The predicted octanol–water partition coefficient (Wildman–Crippen LogP) is 1.98. The van der Waals surface area contributed by atoms with Crippen LogP contribution in [0, 0.1) is 4.77 Å². The molecule has 1 heterocycles. The Morgan fingerprint density at radius 3 is 3.00 bits per heavy atom. The number of aryl methyl sites for hydroxylation is 1. The van der Waals surface area contributed by atoms with Crippen LogP contribution in [-0.4, -0.2) is 19.9 Å². The molecule has 0 radical (unpaired) electrons. The Balaban J connectivity index is 2.57. The Hall–Kier alpha value is -1.46. The second-order valence-corrected chi connectivity index (χ2v) is 3.85. The first-order chi connectivity index (χ1) is 7.76. The molecule has 0 aliphatic heterocycles. The van der Waals surface area contributed by atoms with Gasteiger partial charge in [0.05, 0.1) is 0 Å². The zero-order chi connectivity index (χ0) is 11.5. The molecule has 2 aromatic rings. The van der Waals surface area contributed by atoms with Gasteiger partial charge >= 0.3 is 0 Å². The molecule has 1 aromatic carbocycles. The molecular formula is C11H13N3OS. The highest BCUT2D eigenvalue weighted by Gasteiger charge is 2.06. The number of nitrogens with zero attached hydrogens (tertiary/aromatic N) is 2. The van der Waals surface area contributed by atoms with Crippen molar-refractivity contribution in [2.24, 2.45) is 0 Å². The average molecular weight is 235 g/mol. The van der Waals surface area contributed by atoms with Crippen LogP contribution in [0.3, 0.4) is 0 Å². The molecule has 0 amide bonds. The summed E-state index contributed by atoms with van der Waals surface area (Å²) in [6.07, 6.45) is 0.966. The molecule has 0 spiro atoms. The van der Waals surface area contributed by atoms with Crippen molar-refractivity contribution in [3.63, 3.8) is 0 Å². The summed E-state index contributed by atoms with van der Waals surface area (Å²) in [6.45, 7) is 1.96. The Morgan fingerprint density at radius 1 is 1.50 bits per heavy atom. The molecule has 4 nitrogen and oxygen atoms in total. The Labute approximate surface area is 98.6 Å². The maximum Gasteiger partial charge on any atom is 0.199 e. The summed E-state index contributed by atoms with van der Waals surface area (Å²) < 4.78 is 2.24. The number of aromatic amines is 1. The van der Waals surface area contributed by atoms with Crippen LogP contribution in [-0.2, 0) is 13.0 Å². The topological polar surface area (TPSA) is 53.8 Å². The molecule has 0 aliphatic rings. The fourth-order valence-electron chi connectivity index (χ4n) is 1.62. The van der Waals surface area contributed by atoms with Gasteiger partial charge in [-0.3, -0.25) is 9.67 Å². The SMILES string of the molecule is CCc1cccc(-n2c(CO)n[nH]c2=S)c1. The van der Waals surface area contributed by atoms with Crippen LogP contribution in [0.15, 0.2) is 24.3 Å². The molecule has 0 bridgehead atoms. The van der Waals surface area contributed by atoms with E-state index in [-0.39, 0.29) is 6.61 Å². The number of benzene rings is 1.